The molecule has 1 aromatic carbocycles. The molecule has 1 aromatic rings. The first-order valence-corrected chi connectivity index (χ1v) is 10.1. The molecule has 2 heterocycles. The number of rotatable bonds is 7. The second kappa shape index (κ2) is 10.4. The molecule has 0 saturated carbocycles. The summed E-state index contributed by atoms with van der Waals surface area (Å²) in [6.07, 6.45) is 2.40. The van der Waals surface area contributed by atoms with E-state index in [0.717, 1.165) is 38.9 Å². The van der Waals surface area contributed by atoms with Gasteiger partial charge in [-0.05, 0) is 25.5 Å². The highest BCUT2D eigenvalue weighted by atomic mass is 16.5. The minimum Gasteiger partial charge on any atom is -0.489 e. The number of piperidine rings is 1. The maximum atomic E-state index is 12.9. The number of likely N-dealkylation sites (tertiary alicyclic amines) is 1. The van der Waals surface area contributed by atoms with Crippen LogP contribution in [-0.2, 0) is 4.74 Å². The molecule has 158 valence electrons. The standard InChI is InChI=1S/C21H29N3O5/c1-27-19-14-24(5-2-7-25)6-4-16(19)13-23-21(26)17-10-15(12-22)11-18-20(17)29-9-3-8-28-18/h10-11,16,19,25H,2-9,13-14H2,1H3,(H,23,26)/t16-,19+/m0/s1. The van der Waals surface area contributed by atoms with Crippen molar-refractivity contribution in [1.82, 2.24) is 10.2 Å². The Labute approximate surface area is 171 Å². The third-order valence-corrected chi connectivity index (χ3v) is 5.46. The largest absolute Gasteiger partial charge is 0.489 e. The van der Waals surface area contributed by atoms with E-state index in [-0.39, 0.29) is 24.5 Å². The number of fused-ring (bicyclic) bond motifs is 1. The Morgan fingerprint density at radius 3 is 3.00 bits per heavy atom. The van der Waals surface area contributed by atoms with Crippen LogP contribution < -0.4 is 14.8 Å². The van der Waals surface area contributed by atoms with Gasteiger partial charge in [0.25, 0.3) is 5.91 Å². The number of aliphatic hydroxyl groups is 1. The predicted octanol–water partition coefficient (Wildman–Crippen LogP) is 1.17. The minimum atomic E-state index is -0.276. The molecule has 3 rings (SSSR count). The summed E-state index contributed by atoms with van der Waals surface area (Å²) in [7, 11) is 1.69. The van der Waals surface area contributed by atoms with Crippen LogP contribution in [0.5, 0.6) is 11.5 Å². The topological polar surface area (TPSA) is 104 Å². The van der Waals surface area contributed by atoms with Crippen molar-refractivity contribution in [3.63, 3.8) is 0 Å². The molecule has 2 aliphatic rings. The second-order valence-corrected chi connectivity index (χ2v) is 7.42. The van der Waals surface area contributed by atoms with Crippen molar-refractivity contribution >= 4 is 5.91 Å². The van der Waals surface area contributed by atoms with E-state index >= 15 is 0 Å². The van der Waals surface area contributed by atoms with Gasteiger partial charge in [0.15, 0.2) is 11.5 Å². The number of hydrogen-bond donors (Lipinski definition) is 2. The molecule has 1 amide bonds. The molecule has 1 fully saturated rings. The summed E-state index contributed by atoms with van der Waals surface area (Å²) in [4.78, 5) is 15.2. The van der Waals surface area contributed by atoms with Crippen LogP contribution in [0.15, 0.2) is 12.1 Å². The fraction of sp³-hybridized carbons (Fsp3) is 0.619. The maximum absolute atomic E-state index is 12.9. The van der Waals surface area contributed by atoms with Gasteiger partial charge in [-0.1, -0.05) is 0 Å². The Balaban J connectivity index is 1.66. The molecule has 0 bridgehead atoms. The Morgan fingerprint density at radius 1 is 1.41 bits per heavy atom. The number of methoxy groups -OCH3 is 1. The summed E-state index contributed by atoms with van der Waals surface area (Å²) in [5, 5.41) is 21.3. The summed E-state index contributed by atoms with van der Waals surface area (Å²) in [5.41, 5.74) is 0.696. The Bertz CT molecular complexity index is 749. The predicted molar refractivity (Wildman–Crippen MR) is 106 cm³/mol. The van der Waals surface area contributed by atoms with Crippen molar-refractivity contribution < 1.29 is 24.1 Å². The van der Waals surface area contributed by atoms with E-state index in [9.17, 15) is 10.1 Å². The lowest BCUT2D eigenvalue weighted by Crippen LogP contribution is -2.48. The molecular weight excluding hydrogens is 374 g/mol. The van der Waals surface area contributed by atoms with Gasteiger partial charge in [-0.2, -0.15) is 5.26 Å². The lowest BCUT2D eigenvalue weighted by Gasteiger charge is -2.37. The van der Waals surface area contributed by atoms with Crippen LogP contribution in [0.1, 0.15) is 35.2 Å². The molecule has 0 spiro atoms. The average Bonchev–Trinajstić information content (AvgIpc) is 3.00. The number of carbonyl (C=O) groups excluding carboxylic acids is 1. The zero-order chi connectivity index (χ0) is 20.6. The summed E-state index contributed by atoms with van der Waals surface area (Å²) >= 11 is 0. The Morgan fingerprint density at radius 2 is 2.24 bits per heavy atom. The molecular formula is C21H29N3O5. The van der Waals surface area contributed by atoms with Crippen LogP contribution in [0.25, 0.3) is 0 Å². The summed E-state index contributed by atoms with van der Waals surface area (Å²) < 4.78 is 17.0. The fourth-order valence-electron chi connectivity index (χ4n) is 3.85. The average molecular weight is 403 g/mol. The summed E-state index contributed by atoms with van der Waals surface area (Å²) in [5.74, 6) is 0.769. The number of benzene rings is 1. The highest BCUT2D eigenvalue weighted by molar-refractivity contribution is 5.98. The number of carbonyl (C=O) groups is 1. The summed E-state index contributed by atoms with van der Waals surface area (Å²) in [6.45, 7) is 4.18. The van der Waals surface area contributed by atoms with Crippen molar-refractivity contribution in [2.45, 2.75) is 25.4 Å². The van der Waals surface area contributed by atoms with E-state index in [4.69, 9.17) is 19.3 Å². The molecule has 29 heavy (non-hydrogen) atoms. The quantitative estimate of drug-likeness (QED) is 0.704. The van der Waals surface area contributed by atoms with Crippen LogP contribution >= 0.6 is 0 Å². The third kappa shape index (κ3) is 5.38. The number of nitrogens with one attached hydrogen (secondary N) is 1. The zero-order valence-electron chi connectivity index (χ0n) is 16.9. The Hall–Kier alpha value is -2.34. The van der Waals surface area contributed by atoms with Crippen LogP contribution in [-0.4, -0.2) is 75.1 Å². The highest BCUT2D eigenvalue weighted by Gasteiger charge is 2.30. The second-order valence-electron chi connectivity index (χ2n) is 7.42. The van der Waals surface area contributed by atoms with Crippen molar-refractivity contribution in [1.29, 1.82) is 5.26 Å². The normalized spacial score (nSPS) is 21.8. The number of hydrogen-bond acceptors (Lipinski definition) is 7. The SMILES string of the molecule is CO[C@@H]1CN(CCCO)CC[C@H]1CNC(=O)c1cc(C#N)cc2c1OCCCO2. The number of ether oxygens (including phenoxy) is 3. The number of aliphatic hydroxyl groups excluding tert-OH is 1. The van der Waals surface area contributed by atoms with Crippen LogP contribution in [0.2, 0.25) is 0 Å². The van der Waals surface area contributed by atoms with E-state index < -0.39 is 0 Å². The smallest absolute Gasteiger partial charge is 0.255 e. The Kier molecular flexibility index (Phi) is 7.69. The van der Waals surface area contributed by atoms with Crippen molar-refractivity contribution in [2.24, 2.45) is 5.92 Å². The molecule has 2 aliphatic heterocycles. The lowest BCUT2D eigenvalue weighted by molar-refractivity contribution is -0.0116. The van der Waals surface area contributed by atoms with Crippen LogP contribution in [0.4, 0.5) is 0 Å². The molecule has 2 N–H and O–H groups in total. The number of amides is 1. The molecule has 1 saturated heterocycles. The van der Waals surface area contributed by atoms with Crippen molar-refractivity contribution in [3.05, 3.63) is 23.3 Å². The van der Waals surface area contributed by atoms with Gasteiger partial charge in [0.1, 0.15) is 0 Å². The van der Waals surface area contributed by atoms with Gasteiger partial charge in [0.2, 0.25) is 0 Å². The fourth-order valence-corrected chi connectivity index (χ4v) is 3.85. The minimum absolute atomic E-state index is 0.0184. The zero-order valence-corrected chi connectivity index (χ0v) is 16.9. The lowest BCUT2D eigenvalue weighted by atomic mass is 9.93. The molecule has 0 radical (unpaired) electrons. The monoisotopic (exact) mass is 403 g/mol. The van der Waals surface area contributed by atoms with Crippen LogP contribution in [0, 0.1) is 17.2 Å². The van der Waals surface area contributed by atoms with E-state index in [1.807, 2.05) is 0 Å². The van der Waals surface area contributed by atoms with Gasteiger partial charge in [-0.15, -0.1) is 0 Å². The van der Waals surface area contributed by atoms with Gasteiger partial charge < -0.3 is 29.5 Å². The van der Waals surface area contributed by atoms with Gasteiger partial charge in [0.05, 0.1) is 36.5 Å². The van der Waals surface area contributed by atoms with E-state index in [0.29, 0.717) is 42.4 Å². The van der Waals surface area contributed by atoms with Gasteiger partial charge in [-0.3, -0.25) is 4.79 Å². The van der Waals surface area contributed by atoms with E-state index in [2.05, 4.69) is 16.3 Å². The maximum Gasteiger partial charge on any atom is 0.255 e. The first kappa shape index (κ1) is 21.4. The third-order valence-electron chi connectivity index (χ3n) is 5.46. The molecule has 2 atom stereocenters. The molecule has 8 nitrogen and oxygen atoms in total. The van der Waals surface area contributed by atoms with E-state index in [1.54, 1.807) is 19.2 Å². The van der Waals surface area contributed by atoms with Crippen molar-refractivity contribution in [3.8, 4) is 17.6 Å². The number of nitriles is 1. The first-order valence-electron chi connectivity index (χ1n) is 10.1. The highest BCUT2D eigenvalue weighted by Crippen LogP contribution is 2.35. The first-order chi connectivity index (χ1) is 14.2. The van der Waals surface area contributed by atoms with Crippen LogP contribution in [0.3, 0.4) is 0 Å². The molecule has 0 aliphatic carbocycles. The van der Waals surface area contributed by atoms with Crippen molar-refractivity contribution in [2.75, 3.05) is 53.1 Å². The van der Waals surface area contributed by atoms with Gasteiger partial charge >= 0.3 is 0 Å². The molecule has 8 heteroatoms. The summed E-state index contributed by atoms with van der Waals surface area (Å²) in [6, 6.07) is 5.24. The number of nitrogens with zero attached hydrogens (tertiary/aromatic N) is 2. The molecule has 0 aromatic heterocycles. The van der Waals surface area contributed by atoms with E-state index in [1.165, 1.54) is 0 Å². The van der Waals surface area contributed by atoms with Gasteiger partial charge in [0, 0.05) is 51.8 Å². The molecule has 0 unspecified atom stereocenters. The van der Waals surface area contributed by atoms with Gasteiger partial charge in [-0.25, -0.2) is 0 Å².